The van der Waals surface area contributed by atoms with E-state index in [1.54, 1.807) is 25.3 Å². The van der Waals surface area contributed by atoms with Crippen LogP contribution in [0.2, 0.25) is 0 Å². The maximum Gasteiger partial charge on any atom is 0.257 e. The second kappa shape index (κ2) is 7.57. The minimum atomic E-state index is -0.281. The minimum absolute atomic E-state index is 0.260. The standard InChI is InChI=1S/C17H17BrN2O2S/c1-10-5-4-6-14(11(10)2)19-17(23)20-16(21)12-7-8-15(22-3)13(18)9-12/h4-9H,1-3H3,(H2,19,20,21,23). The number of benzene rings is 2. The number of hydrogen-bond acceptors (Lipinski definition) is 3. The largest absolute Gasteiger partial charge is 0.496 e. The Kier molecular flexibility index (Phi) is 5.74. The molecule has 0 atom stereocenters. The number of rotatable bonds is 3. The first-order valence-corrected chi connectivity index (χ1v) is 8.14. The summed E-state index contributed by atoms with van der Waals surface area (Å²) in [5.74, 6) is 0.383. The second-order valence-electron chi connectivity index (χ2n) is 5.01. The summed E-state index contributed by atoms with van der Waals surface area (Å²) in [4.78, 5) is 12.2. The first-order chi connectivity index (χ1) is 10.9. The third-order valence-corrected chi connectivity index (χ3v) is 4.32. The van der Waals surface area contributed by atoms with Crippen LogP contribution in [0.15, 0.2) is 40.9 Å². The number of carbonyl (C=O) groups is 1. The summed E-state index contributed by atoms with van der Waals surface area (Å²) >= 11 is 8.58. The molecule has 0 saturated heterocycles. The molecule has 2 aromatic carbocycles. The minimum Gasteiger partial charge on any atom is -0.496 e. The van der Waals surface area contributed by atoms with Crippen molar-refractivity contribution in [2.75, 3.05) is 12.4 Å². The molecule has 2 N–H and O–H groups in total. The van der Waals surface area contributed by atoms with Gasteiger partial charge >= 0.3 is 0 Å². The lowest BCUT2D eigenvalue weighted by atomic mass is 10.1. The van der Waals surface area contributed by atoms with Crippen molar-refractivity contribution < 1.29 is 9.53 Å². The van der Waals surface area contributed by atoms with E-state index in [0.717, 1.165) is 16.8 Å². The molecule has 0 spiro atoms. The fourth-order valence-electron chi connectivity index (χ4n) is 2.02. The summed E-state index contributed by atoms with van der Waals surface area (Å²) in [5.41, 5.74) is 3.62. The Balaban J connectivity index is 2.06. The van der Waals surface area contributed by atoms with Crippen LogP contribution in [0, 0.1) is 13.8 Å². The fourth-order valence-corrected chi connectivity index (χ4v) is 2.77. The number of thiocarbonyl (C=S) groups is 1. The van der Waals surface area contributed by atoms with Crippen molar-refractivity contribution in [2.45, 2.75) is 13.8 Å². The molecule has 23 heavy (non-hydrogen) atoms. The Morgan fingerprint density at radius 3 is 2.61 bits per heavy atom. The van der Waals surface area contributed by atoms with Gasteiger partial charge in [-0.15, -0.1) is 0 Å². The molecule has 2 aromatic rings. The molecule has 120 valence electrons. The van der Waals surface area contributed by atoms with Gasteiger partial charge in [0.25, 0.3) is 5.91 Å². The van der Waals surface area contributed by atoms with Gasteiger partial charge in [-0.2, -0.15) is 0 Å². The molecule has 4 nitrogen and oxygen atoms in total. The third-order valence-electron chi connectivity index (χ3n) is 3.49. The quantitative estimate of drug-likeness (QED) is 0.768. The Hall–Kier alpha value is -1.92. The number of halogens is 1. The Morgan fingerprint density at radius 1 is 1.22 bits per heavy atom. The lowest BCUT2D eigenvalue weighted by molar-refractivity contribution is 0.0977. The van der Waals surface area contributed by atoms with Crippen molar-refractivity contribution in [2.24, 2.45) is 0 Å². The van der Waals surface area contributed by atoms with E-state index >= 15 is 0 Å². The zero-order valence-corrected chi connectivity index (χ0v) is 15.5. The van der Waals surface area contributed by atoms with Crippen LogP contribution in [0.4, 0.5) is 5.69 Å². The van der Waals surface area contributed by atoms with E-state index in [9.17, 15) is 4.79 Å². The summed E-state index contributed by atoms with van der Waals surface area (Å²) in [6.45, 7) is 4.03. The maximum absolute atomic E-state index is 12.2. The van der Waals surface area contributed by atoms with Gasteiger partial charge in [-0.1, -0.05) is 12.1 Å². The maximum atomic E-state index is 12.2. The Morgan fingerprint density at radius 2 is 1.96 bits per heavy atom. The van der Waals surface area contributed by atoms with E-state index in [4.69, 9.17) is 17.0 Å². The lowest BCUT2D eigenvalue weighted by Crippen LogP contribution is -2.34. The van der Waals surface area contributed by atoms with E-state index in [1.165, 1.54) is 0 Å². The summed E-state index contributed by atoms with van der Waals surface area (Å²) in [7, 11) is 1.57. The topological polar surface area (TPSA) is 50.4 Å². The molecule has 0 radical (unpaired) electrons. The molecule has 1 amide bonds. The van der Waals surface area contributed by atoms with Crippen LogP contribution in [0.1, 0.15) is 21.5 Å². The molecule has 0 aliphatic carbocycles. The number of amides is 1. The number of hydrogen-bond donors (Lipinski definition) is 2. The Labute approximate surface area is 149 Å². The van der Waals surface area contributed by atoms with Gasteiger partial charge in [0.2, 0.25) is 0 Å². The average molecular weight is 393 g/mol. The third kappa shape index (κ3) is 4.30. The molecular formula is C17H17BrN2O2S. The van der Waals surface area contributed by atoms with Gasteiger partial charge in [0.05, 0.1) is 11.6 Å². The zero-order chi connectivity index (χ0) is 17.0. The highest BCUT2D eigenvalue weighted by Crippen LogP contribution is 2.25. The van der Waals surface area contributed by atoms with Gasteiger partial charge in [-0.3, -0.25) is 10.1 Å². The monoisotopic (exact) mass is 392 g/mol. The molecule has 6 heteroatoms. The number of methoxy groups -OCH3 is 1. The van der Waals surface area contributed by atoms with Crippen molar-refractivity contribution in [1.29, 1.82) is 0 Å². The average Bonchev–Trinajstić information content (AvgIpc) is 2.51. The molecule has 0 unspecified atom stereocenters. The smallest absolute Gasteiger partial charge is 0.257 e. The van der Waals surface area contributed by atoms with Crippen LogP contribution in [0.3, 0.4) is 0 Å². The molecule has 0 aromatic heterocycles. The SMILES string of the molecule is COc1ccc(C(=O)NC(=S)Nc2cccc(C)c2C)cc1Br. The van der Waals surface area contributed by atoms with Crippen molar-refractivity contribution >= 4 is 44.9 Å². The van der Waals surface area contributed by atoms with Gasteiger partial charge in [0, 0.05) is 11.3 Å². The molecule has 0 bridgehead atoms. The molecule has 0 aliphatic rings. The van der Waals surface area contributed by atoms with Crippen molar-refractivity contribution in [3.8, 4) is 5.75 Å². The van der Waals surface area contributed by atoms with Crippen LogP contribution < -0.4 is 15.4 Å². The van der Waals surface area contributed by atoms with Crippen LogP contribution in [0.25, 0.3) is 0 Å². The van der Waals surface area contributed by atoms with E-state index in [1.807, 2.05) is 32.0 Å². The van der Waals surface area contributed by atoms with Crippen molar-refractivity contribution in [3.05, 3.63) is 57.6 Å². The molecule has 0 heterocycles. The van der Waals surface area contributed by atoms with Gasteiger partial charge in [0.15, 0.2) is 5.11 Å². The second-order valence-corrected chi connectivity index (χ2v) is 6.27. The molecule has 0 aliphatic heterocycles. The normalized spacial score (nSPS) is 10.1. The Bertz CT molecular complexity index is 762. The van der Waals surface area contributed by atoms with E-state index in [-0.39, 0.29) is 11.0 Å². The number of anilines is 1. The molecule has 0 fully saturated rings. The van der Waals surface area contributed by atoms with Crippen molar-refractivity contribution in [1.82, 2.24) is 5.32 Å². The molecule has 0 saturated carbocycles. The molecule has 2 rings (SSSR count). The highest BCUT2D eigenvalue weighted by molar-refractivity contribution is 9.10. The highest BCUT2D eigenvalue weighted by atomic mass is 79.9. The van der Waals surface area contributed by atoms with E-state index in [0.29, 0.717) is 15.8 Å². The van der Waals surface area contributed by atoms with Gasteiger partial charge in [-0.05, 0) is 77.4 Å². The van der Waals surface area contributed by atoms with E-state index in [2.05, 4.69) is 26.6 Å². The first kappa shape index (κ1) is 17.4. The number of nitrogens with one attached hydrogen (secondary N) is 2. The van der Waals surface area contributed by atoms with Crippen LogP contribution in [-0.2, 0) is 0 Å². The van der Waals surface area contributed by atoms with Crippen molar-refractivity contribution in [3.63, 3.8) is 0 Å². The number of ether oxygens (including phenoxy) is 1. The van der Waals surface area contributed by atoms with Crippen LogP contribution in [0.5, 0.6) is 5.75 Å². The van der Waals surface area contributed by atoms with Gasteiger partial charge in [-0.25, -0.2) is 0 Å². The van der Waals surface area contributed by atoms with Gasteiger partial charge in [0.1, 0.15) is 5.75 Å². The van der Waals surface area contributed by atoms with Crippen LogP contribution >= 0.6 is 28.1 Å². The summed E-state index contributed by atoms with van der Waals surface area (Å²) in [5, 5.41) is 5.99. The van der Waals surface area contributed by atoms with Gasteiger partial charge < -0.3 is 10.1 Å². The first-order valence-electron chi connectivity index (χ1n) is 6.94. The zero-order valence-electron chi connectivity index (χ0n) is 13.1. The lowest BCUT2D eigenvalue weighted by Gasteiger charge is -2.13. The molecular weight excluding hydrogens is 376 g/mol. The number of carbonyl (C=O) groups excluding carboxylic acids is 1. The van der Waals surface area contributed by atoms with Crippen LogP contribution in [-0.4, -0.2) is 18.1 Å². The summed E-state index contributed by atoms with van der Waals surface area (Å²) < 4.78 is 5.86. The summed E-state index contributed by atoms with van der Waals surface area (Å²) in [6.07, 6.45) is 0. The predicted octanol–water partition coefficient (Wildman–Crippen LogP) is 4.20. The summed E-state index contributed by atoms with van der Waals surface area (Å²) in [6, 6.07) is 11.0. The predicted molar refractivity (Wildman–Crippen MR) is 100 cm³/mol. The van der Waals surface area contributed by atoms with E-state index < -0.39 is 0 Å². The highest BCUT2D eigenvalue weighted by Gasteiger charge is 2.11. The fraction of sp³-hybridized carbons (Fsp3) is 0.176. The number of aryl methyl sites for hydroxylation is 1.